The number of rotatable bonds is 4. The molecule has 8 heteroatoms. The van der Waals surface area contributed by atoms with Crippen LogP contribution in [0.5, 0.6) is 5.88 Å². The van der Waals surface area contributed by atoms with Crippen molar-refractivity contribution in [2.75, 3.05) is 7.11 Å². The molecule has 1 heterocycles. The highest BCUT2D eigenvalue weighted by molar-refractivity contribution is 5.46. The molecule has 0 radical (unpaired) electrons. The zero-order valence-corrected chi connectivity index (χ0v) is 8.31. The van der Waals surface area contributed by atoms with Crippen molar-refractivity contribution in [3.63, 3.8) is 0 Å². The van der Waals surface area contributed by atoms with Crippen LogP contribution in [-0.4, -0.2) is 17.0 Å². The number of nitro groups is 1. The van der Waals surface area contributed by atoms with Crippen LogP contribution in [0.2, 0.25) is 0 Å². The summed E-state index contributed by atoms with van der Waals surface area (Å²) in [7, 11) is 1.18. The smallest absolute Gasteiger partial charge is 0.281 e. The minimum atomic E-state index is -2.94. The Hall–Kier alpha value is -1.83. The summed E-state index contributed by atoms with van der Waals surface area (Å²) in [5, 5.41) is 10.6. The average Bonchev–Trinajstić information content (AvgIpc) is 2.26. The summed E-state index contributed by atoms with van der Waals surface area (Å²) in [4.78, 5) is 13.3. The van der Waals surface area contributed by atoms with E-state index in [1.165, 1.54) is 7.11 Å². The van der Waals surface area contributed by atoms with E-state index in [9.17, 15) is 18.9 Å². The molecular formula is C8H9F2N3O3. The lowest BCUT2D eigenvalue weighted by Gasteiger charge is -2.08. The SMILES string of the molecule is COc1cc([N+](=O)[O-])c(CN)c(C(F)F)n1. The van der Waals surface area contributed by atoms with E-state index in [1.54, 1.807) is 0 Å². The number of ether oxygens (including phenoxy) is 1. The van der Waals surface area contributed by atoms with E-state index in [0.29, 0.717) is 0 Å². The number of nitrogens with zero attached hydrogens (tertiary/aromatic N) is 2. The van der Waals surface area contributed by atoms with Crippen LogP contribution in [-0.2, 0) is 6.54 Å². The van der Waals surface area contributed by atoms with Crippen LogP contribution in [0.15, 0.2) is 6.07 Å². The second-order valence-corrected chi connectivity index (χ2v) is 2.81. The lowest BCUT2D eigenvalue weighted by atomic mass is 10.1. The normalized spacial score (nSPS) is 10.6. The second kappa shape index (κ2) is 4.79. The molecule has 0 fully saturated rings. The number of aromatic nitrogens is 1. The Morgan fingerprint density at radius 3 is 2.69 bits per heavy atom. The maximum absolute atomic E-state index is 12.6. The number of alkyl halides is 2. The quantitative estimate of drug-likeness (QED) is 0.626. The van der Waals surface area contributed by atoms with Crippen LogP contribution in [0.25, 0.3) is 0 Å². The molecule has 0 unspecified atom stereocenters. The Labute approximate surface area is 89.2 Å². The maximum atomic E-state index is 12.6. The van der Waals surface area contributed by atoms with Gasteiger partial charge in [0.15, 0.2) is 0 Å². The van der Waals surface area contributed by atoms with E-state index in [1.807, 2.05) is 0 Å². The minimum Gasteiger partial charge on any atom is -0.481 e. The third-order valence-electron chi connectivity index (χ3n) is 1.93. The largest absolute Gasteiger partial charge is 0.481 e. The van der Waals surface area contributed by atoms with Crippen LogP contribution < -0.4 is 10.5 Å². The van der Waals surface area contributed by atoms with Crippen molar-refractivity contribution in [3.8, 4) is 5.88 Å². The monoisotopic (exact) mass is 233 g/mol. The van der Waals surface area contributed by atoms with Gasteiger partial charge in [-0.3, -0.25) is 10.1 Å². The Bertz CT molecular complexity index is 412. The standard InChI is InChI=1S/C8H9F2N3O3/c1-16-6-2-5(13(14)15)4(3-11)7(12-6)8(9)10/h2,8H,3,11H2,1H3. The molecule has 0 spiro atoms. The zero-order valence-electron chi connectivity index (χ0n) is 8.31. The molecule has 1 aromatic rings. The van der Waals surface area contributed by atoms with Crippen molar-refractivity contribution in [1.82, 2.24) is 4.98 Å². The topological polar surface area (TPSA) is 91.3 Å². The van der Waals surface area contributed by atoms with Gasteiger partial charge in [0.2, 0.25) is 5.88 Å². The Morgan fingerprint density at radius 2 is 2.31 bits per heavy atom. The molecule has 1 aromatic heterocycles. The minimum absolute atomic E-state index is 0.237. The number of hydrogen-bond donors (Lipinski definition) is 1. The van der Waals surface area contributed by atoms with Crippen molar-refractivity contribution >= 4 is 5.69 Å². The summed E-state index contributed by atoms with van der Waals surface area (Å²) in [6.45, 7) is -0.382. The summed E-state index contributed by atoms with van der Waals surface area (Å²) in [6.07, 6.45) is -2.94. The molecule has 16 heavy (non-hydrogen) atoms. The van der Waals surface area contributed by atoms with Gasteiger partial charge >= 0.3 is 0 Å². The molecule has 0 aromatic carbocycles. The van der Waals surface area contributed by atoms with Gasteiger partial charge in [-0.1, -0.05) is 0 Å². The maximum Gasteiger partial charge on any atom is 0.281 e. The van der Waals surface area contributed by atoms with Gasteiger partial charge in [-0.2, -0.15) is 0 Å². The molecule has 1 rings (SSSR count). The van der Waals surface area contributed by atoms with Gasteiger partial charge in [0.1, 0.15) is 5.69 Å². The molecule has 0 saturated carbocycles. The highest BCUT2D eigenvalue weighted by Gasteiger charge is 2.25. The summed E-state index contributed by atoms with van der Waals surface area (Å²) in [5.41, 5.74) is 3.70. The van der Waals surface area contributed by atoms with Crippen molar-refractivity contribution < 1.29 is 18.4 Å². The molecule has 0 saturated heterocycles. The lowest BCUT2D eigenvalue weighted by molar-refractivity contribution is -0.385. The number of hydrogen-bond acceptors (Lipinski definition) is 5. The predicted octanol–water partition coefficient (Wildman–Crippen LogP) is 1.39. The van der Waals surface area contributed by atoms with E-state index in [2.05, 4.69) is 9.72 Å². The summed E-state index contributed by atoms with van der Waals surface area (Å²) in [6, 6.07) is 0.966. The zero-order chi connectivity index (χ0) is 12.3. The first-order valence-corrected chi connectivity index (χ1v) is 4.21. The lowest BCUT2D eigenvalue weighted by Crippen LogP contribution is -2.09. The van der Waals surface area contributed by atoms with E-state index >= 15 is 0 Å². The fourth-order valence-electron chi connectivity index (χ4n) is 1.21. The van der Waals surface area contributed by atoms with E-state index < -0.39 is 22.7 Å². The highest BCUT2D eigenvalue weighted by Crippen LogP contribution is 2.31. The van der Waals surface area contributed by atoms with Gasteiger partial charge < -0.3 is 10.5 Å². The van der Waals surface area contributed by atoms with Gasteiger partial charge in [-0.05, 0) is 0 Å². The van der Waals surface area contributed by atoms with Gasteiger partial charge in [0, 0.05) is 6.54 Å². The summed E-state index contributed by atoms with van der Waals surface area (Å²) < 4.78 is 29.8. The highest BCUT2D eigenvalue weighted by atomic mass is 19.3. The van der Waals surface area contributed by atoms with E-state index in [0.717, 1.165) is 6.07 Å². The molecule has 0 aliphatic rings. The second-order valence-electron chi connectivity index (χ2n) is 2.81. The molecule has 2 N–H and O–H groups in total. The molecule has 88 valence electrons. The average molecular weight is 233 g/mol. The van der Waals surface area contributed by atoms with Crippen LogP contribution in [0.3, 0.4) is 0 Å². The van der Waals surface area contributed by atoms with Gasteiger partial charge in [0.25, 0.3) is 12.1 Å². The Morgan fingerprint density at radius 1 is 1.69 bits per heavy atom. The first kappa shape index (κ1) is 12.2. The first-order valence-electron chi connectivity index (χ1n) is 4.21. The van der Waals surface area contributed by atoms with Crippen LogP contribution >= 0.6 is 0 Å². The fraction of sp³-hybridized carbons (Fsp3) is 0.375. The van der Waals surface area contributed by atoms with Crippen molar-refractivity contribution in [3.05, 3.63) is 27.4 Å². The van der Waals surface area contributed by atoms with E-state index in [-0.39, 0.29) is 18.0 Å². The molecule has 0 atom stereocenters. The Kier molecular flexibility index (Phi) is 3.67. The number of nitrogens with two attached hydrogens (primary N) is 1. The predicted molar refractivity (Wildman–Crippen MR) is 50.3 cm³/mol. The van der Waals surface area contributed by atoms with E-state index in [4.69, 9.17) is 5.73 Å². The van der Waals surface area contributed by atoms with Crippen LogP contribution in [0, 0.1) is 10.1 Å². The number of pyridine rings is 1. The summed E-state index contributed by atoms with van der Waals surface area (Å²) in [5.74, 6) is -0.237. The van der Waals surface area contributed by atoms with Gasteiger partial charge in [-0.25, -0.2) is 13.8 Å². The van der Waals surface area contributed by atoms with Gasteiger partial charge in [-0.15, -0.1) is 0 Å². The van der Waals surface area contributed by atoms with Crippen molar-refractivity contribution in [1.29, 1.82) is 0 Å². The first-order chi connectivity index (χ1) is 7.51. The van der Waals surface area contributed by atoms with Crippen molar-refractivity contribution in [2.45, 2.75) is 13.0 Å². The third kappa shape index (κ3) is 2.22. The molecule has 0 aliphatic carbocycles. The van der Waals surface area contributed by atoms with Gasteiger partial charge in [0.05, 0.1) is 23.7 Å². The van der Waals surface area contributed by atoms with Crippen LogP contribution in [0.1, 0.15) is 17.7 Å². The Balaban J connectivity index is 3.46. The number of halogens is 2. The number of methoxy groups -OCH3 is 1. The molecule has 0 bridgehead atoms. The molecule has 0 aliphatic heterocycles. The molecule has 0 amide bonds. The molecular weight excluding hydrogens is 224 g/mol. The third-order valence-corrected chi connectivity index (χ3v) is 1.93. The van der Waals surface area contributed by atoms with Crippen molar-refractivity contribution in [2.24, 2.45) is 5.73 Å². The molecule has 6 nitrogen and oxygen atoms in total. The van der Waals surface area contributed by atoms with Crippen LogP contribution in [0.4, 0.5) is 14.5 Å². The summed E-state index contributed by atoms with van der Waals surface area (Å²) >= 11 is 0. The fourth-order valence-corrected chi connectivity index (χ4v) is 1.21.